The maximum absolute atomic E-state index is 14.0. The molecule has 1 saturated heterocycles. The second kappa shape index (κ2) is 8.15. The van der Waals surface area contributed by atoms with Crippen LogP contribution in [0.2, 0.25) is 0 Å². The van der Waals surface area contributed by atoms with Gasteiger partial charge in [-0.1, -0.05) is 37.3 Å². The normalized spacial score (nSPS) is 15.7. The Balaban J connectivity index is 1.74. The molecule has 2 heterocycles. The van der Waals surface area contributed by atoms with Crippen molar-refractivity contribution in [2.24, 2.45) is 0 Å². The van der Waals surface area contributed by atoms with E-state index in [0.29, 0.717) is 32.7 Å². The van der Waals surface area contributed by atoms with Crippen LogP contribution in [0.3, 0.4) is 0 Å². The Morgan fingerprint density at radius 1 is 1.21 bits per heavy atom. The number of carbonyl (C=O) groups excluding carboxylic acids is 1. The SMILES string of the molecule is CCc1cccc2c([C@@H](CC(=O)N3CCOCC3)c3cccc(F)c3)c[nH]c12. The smallest absolute Gasteiger partial charge is 0.223 e. The van der Waals surface area contributed by atoms with Gasteiger partial charge in [-0.3, -0.25) is 4.79 Å². The Morgan fingerprint density at radius 2 is 2.00 bits per heavy atom. The lowest BCUT2D eigenvalue weighted by Gasteiger charge is -2.28. The predicted molar refractivity (Wildman–Crippen MR) is 108 cm³/mol. The Morgan fingerprint density at radius 3 is 2.75 bits per heavy atom. The maximum atomic E-state index is 14.0. The average molecular weight is 380 g/mol. The standard InChI is InChI=1S/C23H25FN2O2/c1-2-16-5-4-8-19-21(15-25-23(16)19)20(17-6-3-7-18(24)13-17)14-22(27)26-9-11-28-12-10-26/h3-8,13,15,20,25H,2,9-12,14H2,1H3/t20-/m0/s1. The summed E-state index contributed by atoms with van der Waals surface area (Å²) >= 11 is 0. The zero-order chi connectivity index (χ0) is 19.5. The first-order valence-corrected chi connectivity index (χ1v) is 9.87. The largest absolute Gasteiger partial charge is 0.378 e. The zero-order valence-electron chi connectivity index (χ0n) is 16.1. The minimum absolute atomic E-state index is 0.0820. The van der Waals surface area contributed by atoms with Crippen LogP contribution in [0.1, 0.15) is 36.0 Å². The highest BCUT2D eigenvalue weighted by atomic mass is 19.1. The second-order valence-corrected chi connectivity index (χ2v) is 7.24. The number of amides is 1. The third-order valence-electron chi connectivity index (χ3n) is 5.58. The van der Waals surface area contributed by atoms with E-state index in [9.17, 15) is 9.18 Å². The fourth-order valence-corrected chi connectivity index (χ4v) is 4.07. The Bertz CT molecular complexity index is 976. The predicted octanol–water partition coefficient (Wildman–Crippen LogP) is 4.25. The van der Waals surface area contributed by atoms with Crippen LogP contribution in [-0.2, 0) is 16.0 Å². The minimum atomic E-state index is -0.282. The molecule has 1 aliphatic heterocycles. The van der Waals surface area contributed by atoms with E-state index in [-0.39, 0.29) is 17.6 Å². The maximum Gasteiger partial charge on any atom is 0.223 e. The van der Waals surface area contributed by atoms with Gasteiger partial charge in [-0.25, -0.2) is 4.39 Å². The van der Waals surface area contributed by atoms with Crippen LogP contribution in [0.25, 0.3) is 10.9 Å². The molecule has 1 fully saturated rings. The summed E-state index contributed by atoms with van der Waals surface area (Å²) in [7, 11) is 0. The van der Waals surface area contributed by atoms with Gasteiger partial charge in [0.05, 0.1) is 13.2 Å². The summed E-state index contributed by atoms with van der Waals surface area (Å²) in [5, 5.41) is 1.10. The Kier molecular flexibility index (Phi) is 5.44. The minimum Gasteiger partial charge on any atom is -0.378 e. The van der Waals surface area contributed by atoms with Gasteiger partial charge in [0.25, 0.3) is 0 Å². The monoisotopic (exact) mass is 380 g/mol. The first kappa shape index (κ1) is 18.7. The summed E-state index contributed by atoms with van der Waals surface area (Å²) in [5.74, 6) is -0.402. The molecule has 2 aromatic carbocycles. The molecular formula is C23H25FN2O2. The van der Waals surface area contributed by atoms with Crippen LogP contribution in [-0.4, -0.2) is 42.1 Å². The quantitative estimate of drug-likeness (QED) is 0.719. The molecule has 146 valence electrons. The van der Waals surface area contributed by atoms with E-state index < -0.39 is 0 Å². The molecule has 5 heteroatoms. The highest BCUT2D eigenvalue weighted by Crippen LogP contribution is 2.35. The summed E-state index contributed by atoms with van der Waals surface area (Å²) in [6.07, 6.45) is 3.22. The first-order valence-electron chi connectivity index (χ1n) is 9.87. The number of benzene rings is 2. The van der Waals surface area contributed by atoms with Crippen molar-refractivity contribution in [2.75, 3.05) is 26.3 Å². The molecule has 1 aliphatic rings. The number of aromatic amines is 1. The van der Waals surface area contributed by atoms with Crippen molar-refractivity contribution >= 4 is 16.8 Å². The van der Waals surface area contributed by atoms with Gasteiger partial charge in [-0.15, -0.1) is 0 Å². The van der Waals surface area contributed by atoms with Crippen LogP contribution >= 0.6 is 0 Å². The zero-order valence-corrected chi connectivity index (χ0v) is 16.1. The van der Waals surface area contributed by atoms with Crippen molar-refractivity contribution in [3.05, 3.63) is 71.2 Å². The lowest BCUT2D eigenvalue weighted by Crippen LogP contribution is -2.41. The Labute approximate surface area is 164 Å². The van der Waals surface area contributed by atoms with E-state index in [0.717, 1.165) is 28.5 Å². The number of morpholine rings is 1. The van der Waals surface area contributed by atoms with E-state index in [2.05, 4.69) is 24.0 Å². The number of aryl methyl sites for hydroxylation is 1. The average Bonchev–Trinajstić information content (AvgIpc) is 3.16. The Hall–Kier alpha value is -2.66. The number of halogens is 1. The van der Waals surface area contributed by atoms with Crippen molar-refractivity contribution < 1.29 is 13.9 Å². The number of fused-ring (bicyclic) bond motifs is 1. The number of hydrogen-bond donors (Lipinski definition) is 1. The molecule has 1 atom stereocenters. The van der Waals surface area contributed by atoms with E-state index in [4.69, 9.17) is 4.74 Å². The van der Waals surface area contributed by atoms with Gasteiger partial charge in [0.15, 0.2) is 0 Å². The molecule has 1 N–H and O–H groups in total. The van der Waals surface area contributed by atoms with E-state index in [1.807, 2.05) is 23.2 Å². The van der Waals surface area contributed by atoms with Gasteiger partial charge in [-0.2, -0.15) is 0 Å². The molecule has 0 bridgehead atoms. The molecule has 4 nitrogen and oxygen atoms in total. The lowest BCUT2D eigenvalue weighted by atomic mass is 9.87. The topological polar surface area (TPSA) is 45.3 Å². The van der Waals surface area contributed by atoms with Crippen molar-refractivity contribution in [3.8, 4) is 0 Å². The molecule has 1 amide bonds. The highest BCUT2D eigenvalue weighted by Gasteiger charge is 2.26. The molecule has 0 radical (unpaired) electrons. The van der Waals surface area contributed by atoms with Crippen molar-refractivity contribution in [2.45, 2.75) is 25.7 Å². The van der Waals surface area contributed by atoms with Gasteiger partial charge in [0, 0.05) is 42.5 Å². The fraction of sp³-hybridized carbons (Fsp3) is 0.348. The van der Waals surface area contributed by atoms with Crippen LogP contribution in [0.5, 0.6) is 0 Å². The van der Waals surface area contributed by atoms with Crippen molar-refractivity contribution in [1.29, 1.82) is 0 Å². The molecule has 0 aliphatic carbocycles. The number of nitrogens with one attached hydrogen (secondary N) is 1. The molecule has 1 aromatic heterocycles. The van der Waals surface area contributed by atoms with E-state index in [1.165, 1.54) is 11.6 Å². The van der Waals surface area contributed by atoms with Crippen molar-refractivity contribution in [3.63, 3.8) is 0 Å². The van der Waals surface area contributed by atoms with E-state index in [1.54, 1.807) is 12.1 Å². The number of nitrogens with zero attached hydrogens (tertiary/aromatic N) is 1. The third-order valence-corrected chi connectivity index (χ3v) is 5.58. The van der Waals surface area contributed by atoms with Crippen LogP contribution < -0.4 is 0 Å². The number of rotatable bonds is 5. The molecule has 0 spiro atoms. The van der Waals surface area contributed by atoms with Crippen LogP contribution in [0.15, 0.2) is 48.7 Å². The van der Waals surface area contributed by atoms with Crippen LogP contribution in [0, 0.1) is 5.82 Å². The number of carbonyl (C=O) groups is 1. The van der Waals surface area contributed by atoms with Gasteiger partial charge in [-0.05, 0) is 35.2 Å². The van der Waals surface area contributed by atoms with Crippen LogP contribution in [0.4, 0.5) is 4.39 Å². The summed E-state index contributed by atoms with van der Waals surface area (Å²) < 4.78 is 19.3. The van der Waals surface area contributed by atoms with E-state index >= 15 is 0 Å². The molecule has 0 unspecified atom stereocenters. The summed E-state index contributed by atoms with van der Waals surface area (Å²) in [4.78, 5) is 18.2. The summed E-state index contributed by atoms with van der Waals surface area (Å²) in [6.45, 7) is 4.50. The van der Waals surface area contributed by atoms with Gasteiger partial charge in [0.2, 0.25) is 5.91 Å². The molecular weight excluding hydrogens is 355 g/mol. The number of hydrogen-bond acceptors (Lipinski definition) is 2. The second-order valence-electron chi connectivity index (χ2n) is 7.24. The number of ether oxygens (including phenoxy) is 1. The van der Waals surface area contributed by atoms with Gasteiger partial charge in [0.1, 0.15) is 5.82 Å². The number of H-pyrrole nitrogens is 1. The molecule has 4 rings (SSSR count). The van der Waals surface area contributed by atoms with Crippen molar-refractivity contribution in [1.82, 2.24) is 9.88 Å². The number of aromatic nitrogens is 1. The lowest BCUT2D eigenvalue weighted by molar-refractivity contribution is -0.135. The summed E-state index contributed by atoms with van der Waals surface area (Å²) in [6, 6.07) is 12.8. The first-order chi connectivity index (χ1) is 13.7. The van der Waals surface area contributed by atoms with Gasteiger partial charge < -0.3 is 14.6 Å². The summed E-state index contributed by atoms with van der Waals surface area (Å²) in [5.41, 5.74) is 4.20. The third kappa shape index (κ3) is 3.67. The fourth-order valence-electron chi connectivity index (χ4n) is 4.07. The number of para-hydroxylation sites is 1. The van der Waals surface area contributed by atoms with Gasteiger partial charge >= 0.3 is 0 Å². The highest BCUT2D eigenvalue weighted by molar-refractivity contribution is 5.88. The molecule has 28 heavy (non-hydrogen) atoms. The molecule has 0 saturated carbocycles. The molecule has 3 aromatic rings.